The smallest absolute Gasteiger partial charge is 0.372 e. The summed E-state index contributed by atoms with van der Waals surface area (Å²) in [7, 11) is 1.21. The molecule has 20 heavy (non-hydrogen) atoms. The molecule has 114 valence electrons. The first-order valence-electron chi connectivity index (χ1n) is 5.71. The van der Waals surface area contributed by atoms with Crippen LogP contribution in [0.1, 0.15) is 24.7 Å². The first kappa shape index (κ1) is 15.5. The molecule has 0 spiro atoms. The summed E-state index contributed by atoms with van der Waals surface area (Å²) in [5, 5.41) is 6.79. The fourth-order valence-corrected chi connectivity index (χ4v) is 2.64. The zero-order chi connectivity index (χ0) is 15.0. The number of halogens is 4. The molecule has 1 fully saturated rings. The molecule has 1 heterocycles. The van der Waals surface area contributed by atoms with E-state index in [0.29, 0.717) is 0 Å². The van der Waals surface area contributed by atoms with E-state index in [1.807, 2.05) is 0 Å². The largest absolute Gasteiger partial charge is 0.411 e. The molecule has 0 aliphatic heterocycles. The lowest BCUT2D eigenvalue weighted by Gasteiger charge is -2.09. The van der Waals surface area contributed by atoms with E-state index in [-0.39, 0.29) is 30.1 Å². The third-order valence-corrected chi connectivity index (χ3v) is 3.73. The van der Waals surface area contributed by atoms with E-state index >= 15 is 0 Å². The van der Waals surface area contributed by atoms with Crippen LogP contribution >= 0.6 is 10.7 Å². The Balaban J connectivity index is 2.04. The lowest BCUT2D eigenvalue weighted by atomic mass is 10.4. The normalized spacial score (nSPS) is 16.6. The number of aromatic nitrogens is 3. The predicted molar refractivity (Wildman–Crippen MR) is 61.9 cm³/mol. The molecule has 11 heteroatoms. The minimum atomic E-state index is -4.39. The van der Waals surface area contributed by atoms with Crippen LogP contribution in [0.25, 0.3) is 0 Å². The summed E-state index contributed by atoms with van der Waals surface area (Å²) in [4.78, 5) is 0. The average Bonchev–Trinajstić information content (AvgIpc) is 3.02. The molecular formula is C9H11ClF3N3O3S. The van der Waals surface area contributed by atoms with Gasteiger partial charge in [0.2, 0.25) is 0 Å². The zero-order valence-electron chi connectivity index (χ0n) is 10.1. The van der Waals surface area contributed by atoms with Crippen LogP contribution in [0.2, 0.25) is 0 Å². The standard InChI is InChI=1S/C9H11ClF3N3O3S/c10-20(17,18)8-15-14-7(16(8)6-1-2-6)3-4-19-5-9(11,12)13/h6H,1-5H2. The molecule has 1 aliphatic rings. The number of rotatable bonds is 6. The van der Waals surface area contributed by atoms with Gasteiger partial charge in [0, 0.05) is 23.1 Å². The number of ether oxygens (including phenoxy) is 1. The van der Waals surface area contributed by atoms with Gasteiger partial charge >= 0.3 is 6.18 Å². The third-order valence-electron chi connectivity index (χ3n) is 2.60. The van der Waals surface area contributed by atoms with Crippen LogP contribution in [0.5, 0.6) is 0 Å². The Hall–Kier alpha value is -0.870. The Kier molecular flexibility index (Phi) is 4.26. The van der Waals surface area contributed by atoms with Crippen LogP contribution < -0.4 is 0 Å². The second-order valence-electron chi connectivity index (χ2n) is 4.36. The van der Waals surface area contributed by atoms with Gasteiger partial charge in [-0.25, -0.2) is 8.42 Å². The molecule has 0 aromatic carbocycles. The highest BCUT2D eigenvalue weighted by atomic mass is 35.7. The molecule has 1 saturated carbocycles. The first-order chi connectivity index (χ1) is 9.18. The summed E-state index contributed by atoms with van der Waals surface area (Å²) < 4.78 is 64.2. The highest BCUT2D eigenvalue weighted by molar-refractivity contribution is 8.13. The topological polar surface area (TPSA) is 74.1 Å². The maximum absolute atomic E-state index is 11.9. The van der Waals surface area contributed by atoms with Crippen molar-refractivity contribution in [3.8, 4) is 0 Å². The van der Waals surface area contributed by atoms with Crippen molar-refractivity contribution in [1.29, 1.82) is 0 Å². The van der Waals surface area contributed by atoms with Crippen LogP contribution in [0.4, 0.5) is 13.2 Å². The number of alkyl halides is 3. The summed E-state index contributed by atoms with van der Waals surface area (Å²) in [5.41, 5.74) is 0. The van der Waals surface area contributed by atoms with E-state index in [4.69, 9.17) is 10.7 Å². The van der Waals surface area contributed by atoms with Crippen molar-refractivity contribution in [3.63, 3.8) is 0 Å². The Labute approximate surface area is 117 Å². The molecule has 0 amide bonds. The van der Waals surface area contributed by atoms with Crippen LogP contribution in [0, 0.1) is 0 Å². The van der Waals surface area contributed by atoms with E-state index in [1.54, 1.807) is 0 Å². The minimum Gasteiger partial charge on any atom is -0.372 e. The van der Waals surface area contributed by atoms with E-state index < -0.39 is 21.8 Å². The van der Waals surface area contributed by atoms with Gasteiger partial charge in [-0.1, -0.05) is 0 Å². The van der Waals surface area contributed by atoms with Crippen molar-refractivity contribution >= 4 is 19.7 Å². The average molecular weight is 334 g/mol. The molecule has 6 nitrogen and oxygen atoms in total. The molecule has 2 rings (SSSR count). The second-order valence-corrected chi connectivity index (χ2v) is 6.82. The van der Waals surface area contributed by atoms with Crippen molar-refractivity contribution < 1.29 is 26.3 Å². The maximum Gasteiger partial charge on any atom is 0.411 e. The van der Waals surface area contributed by atoms with Gasteiger partial charge in [0.15, 0.2) is 0 Å². The van der Waals surface area contributed by atoms with E-state index in [0.717, 1.165) is 12.8 Å². The highest BCUT2D eigenvalue weighted by Crippen LogP contribution is 2.38. The fourth-order valence-electron chi connectivity index (χ4n) is 1.69. The molecular weight excluding hydrogens is 323 g/mol. The predicted octanol–water partition coefficient (Wildman–Crippen LogP) is 1.66. The van der Waals surface area contributed by atoms with Gasteiger partial charge in [-0.15, -0.1) is 10.2 Å². The van der Waals surface area contributed by atoms with E-state index in [2.05, 4.69) is 14.9 Å². The van der Waals surface area contributed by atoms with Gasteiger partial charge < -0.3 is 4.74 Å². The minimum absolute atomic E-state index is 0.0337. The van der Waals surface area contributed by atoms with Gasteiger partial charge in [0.25, 0.3) is 14.2 Å². The van der Waals surface area contributed by atoms with Crippen LogP contribution in [-0.4, -0.2) is 42.6 Å². The van der Waals surface area contributed by atoms with Crippen LogP contribution in [0.15, 0.2) is 5.16 Å². The molecule has 0 saturated heterocycles. The van der Waals surface area contributed by atoms with Gasteiger partial charge in [0.05, 0.1) is 6.61 Å². The van der Waals surface area contributed by atoms with Gasteiger partial charge in [-0.05, 0) is 12.8 Å². The number of hydrogen-bond acceptors (Lipinski definition) is 5. The molecule has 0 unspecified atom stereocenters. The Morgan fingerprint density at radius 3 is 2.50 bits per heavy atom. The quantitative estimate of drug-likeness (QED) is 0.584. The summed E-state index contributed by atoms with van der Waals surface area (Å²) in [6.45, 7) is -1.59. The Morgan fingerprint density at radius 2 is 2.00 bits per heavy atom. The van der Waals surface area contributed by atoms with Gasteiger partial charge in [-0.2, -0.15) is 13.2 Å². The fraction of sp³-hybridized carbons (Fsp3) is 0.778. The number of hydrogen-bond donors (Lipinski definition) is 0. The van der Waals surface area contributed by atoms with E-state index in [1.165, 1.54) is 4.57 Å². The van der Waals surface area contributed by atoms with E-state index in [9.17, 15) is 21.6 Å². The molecule has 0 atom stereocenters. The van der Waals surface area contributed by atoms with Gasteiger partial charge in [-0.3, -0.25) is 4.57 Å². The SMILES string of the molecule is O=S(=O)(Cl)c1nnc(CCOCC(F)(F)F)n1C1CC1. The van der Waals surface area contributed by atoms with Crippen molar-refractivity contribution in [2.24, 2.45) is 0 Å². The molecule has 0 bridgehead atoms. The number of nitrogens with zero attached hydrogens (tertiary/aromatic N) is 3. The molecule has 1 aliphatic carbocycles. The summed E-state index contributed by atoms with van der Waals surface area (Å²) in [6, 6.07) is -0.0638. The third kappa shape index (κ3) is 4.06. The second kappa shape index (κ2) is 5.49. The van der Waals surface area contributed by atoms with Crippen molar-refractivity contribution in [2.75, 3.05) is 13.2 Å². The summed E-state index contributed by atoms with van der Waals surface area (Å²) in [5.74, 6) is 0.258. The highest BCUT2D eigenvalue weighted by Gasteiger charge is 2.33. The lowest BCUT2D eigenvalue weighted by molar-refractivity contribution is -0.173. The molecule has 0 radical (unpaired) electrons. The Bertz CT molecular complexity index is 583. The molecule has 1 aromatic rings. The molecule has 1 aromatic heterocycles. The zero-order valence-corrected chi connectivity index (χ0v) is 11.7. The summed E-state index contributed by atoms with van der Waals surface area (Å²) >= 11 is 0. The lowest BCUT2D eigenvalue weighted by Crippen LogP contribution is -2.18. The molecule has 0 N–H and O–H groups in total. The summed E-state index contributed by atoms with van der Waals surface area (Å²) in [6.07, 6.45) is -2.84. The Morgan fingerprint density at radius 1 is 1.35 bits per heavy atom. The van der Waals surface area contributed by atoms with Gasteiger partial charge in [0.1, 0.15) is 12.4 Å². The first-order valence-corrected chi connectivity index (χ1v) is 8.02. The van der Waals surface area contributed by atoms with Crippen molar-refractivity contribution in [2.45, 2.75) is 36.6 Å². The van der Waals surface area contributed by atoms with Crippen molar-refractivity contribution in [3.05, 3.63) is 5.82 Å². The van der Waals surface area contributed by atoms with Crippen LogP contribution in [-0.2, 0) is 20.2 Å². The maximum atomic E-state index is 11.9. The van der Waals surface area contributed by atoms with Crippen molar-refractivity contribution in [1.82, 2.24) is 14.8 Å². The monoisotopic (exact) mass is 333 g/mol. The van der Waals surface area contributed by atoms with Crippen LogP contribution in [0.3, 0.4) is 0 Å².